The zero-order valence-corrected chi connectivity index (χ0v) is 25.0. The third-order valence-electron chi connectivity index (χ3n) is 10.1. The molecule has 0 aromatic carbocycles. The summed E-state index contributed by atoms with van der Waals surface area (Å²) in [7, 11) is 1.58. The molecule has 11 nitrogen and oxygen atoms in total. The van der Waals surface area contributed by atoms with E-state index in [0.29, 0.717) is 43.2 Å². The molecule has 1 spiro atoms. The maximum Gasteiger partial charge on any atom is 0.265 e. The van der Waals surface area contributed by atoms with Crippen molar-refractivity contribution in [1.82, 2.24) is 25.4 Å². The average Bonchev–Trinajstić information content (AvgIpc) is 3.76. The van der Waals surface area contributed by atoms with Crippen molar-refractivity contribution in [1.29, 1.82) is 0 Å². The second-order valence-electron chi connectivity index (χ2n) is 13.0. The normalized spacial score (nSPS) is 32.0. The van der Waals surface area contributed by atoms with Gasteiger partial charge >= 0.3 is 0 Å². The van der Waals surface area contributed by atoms with E-state index in [1.165, 1.54) is 11.3 Å². The van der Waals surface area contributed by atoms with Crippen LogP contribution in [0.1, 0.15) is 48.7 Å². The quantitative estimate of drug-likeness (QED) is 0.417. The van der Waals surface area contributed by atoms with Crippen LogP contribution in [0, 0.1) is 22.7 Å². The van der Waals surface area contributed by atoms with Gasteiger partial charge in [0.05, 0.1) is 49.7 Å². The van der Waals surface area contributed by atoms with Gasteiger partial charge in [0, 0.05) is 57.2 Å². The lowest BCUT2D eigenvalue weighted by atomic mass is 9.70. The molecule has 6 fully saturated rings. The molecule has 6 heterocycles. The van der Waals surface area contributed by atoms with Gasteiger partial charge in [-0.1, -0.05) is 0 Å². The molecule has 1 aromatic heterocycles. The molecule has 2 bridgehead atoms. The van der Waals surface area contributed by atoms with Crippen LogP contribution in [0.3, 0.4) is 0 Å². The Kier molecular flexibility index (Phi) is 8.39. The Balaban J connectivity index is 1.13. The Morgan fingerprint density at radius 3 is 2.66 bits per heavy atom. The highest BCUT2D eigenvalue weighted by molar-refractivity contribution is 7.11. The zero-order valence-electron chi connectivity index (χ0n) is 24.1. The molecular formula is C29H43N5O6S. The first-order valence-electron chi connectivity index (χ1n) is 15.0. The molecule has 1 aromatic rings. The highest BCUT2D eigenvalue weighted by Crippen LogP contribution is 2.46. The third kappa shape index (κ3) is 5.90. The fourth-order valence-electron chi connectivity index (χ4n) is 7.55. The number of rotatable bonds is 10. The van der Waals surface area contributed by atoms with E-state index in [9.17, 15) is 14.4 Å². The topological polar surface area (TPSA) is 122 Å². The van der Waals surface area contributed by atoms with Gasteiger partial charge < -0.3 is 34.6 Å². The van der Waals surface area contributed by atoms with Gasteiger partial charge in [-0.2, -0.15) is 0 Å². The number of carbonyl (C=O) groups is 3. The first-order chi connectivity index (χ1) is 19.8. The van der Waals surface area contributed by atoms with Crippen molar-refractivity contribution in [2.45, 2.75) is 57.3 Å². The first-order valence-corrected chi connectivity index (χ1v) is 15.9. The second kappa shape index (κ2) is 11.9. The standard InChI is InChI=1S/C29H43N5O6S/c1-19(39-16-28-6-3-21(4-7-28)40-17-28)24(26(36)30-2)32-25(35)22-11-34(27(37)23-9-31-18-41-23)15-29(22)13-33(14-29)10-20-5-8-38-12-20/h9,18-22,24H,3-8,10-17H2,1-2H3,(H,30,36)(H,32,35)/t19-,20?,21?,22+,24+,28?/m1/s1. The molecule has 1 aliphatic carbocycles. The van der Waals surface area contributed by atoms with Gasteiger partial charge in [0.15, 0.2) is 0 Å². The van der Waals surface area contributed by atoms with Gasteiger partial charge in [0.1, 0.15) is 10.9 Å². The van der Waals surface area contributed by atoms with E-state index in [2.05, 4.69) is 20.5 Å². The minimum Gasteiger partial charge on any atom is -0.381 e. The van der Waals surface area contributed by atoms with Crippen molar-refractivity contribution in [3.63, 3.8) is 0 Å². The van der Waals surface area contributed by atoms with Crippen LogP contribution in [0.2, 0.25) is 0 Å². The Hall–Kier alpha value is -2.12. The van der Waals surface area contributed by atoms with Gasteiger partial charge in [0.2, 0.25) is 11.8 Å². The number of ether oxygens (including phenoxy) is 3. The Labute approximate surface area is 245 Å². The molecule has 41 heavy (non-hydrogen) atoms. The molecule has 0 radical (unpaired) electrons. The number of aromatic nitrogens is 1. The predicted octanol–water partition coefficient (Wildman–Crippen LogP) is 1.15. The smallest absolute Gasteiger partial charge is 0.265 e. The summed E-state index contributed by atoms with van der Waals surface area (Å²) in [6.45, 7) is 7.91. The summed E-state index contributed by atoms with van der Waals surface area (Å²) in [5.74, 6) is -0.482. The van der Waals surface area contributed by atoms with E-state index < -0.39 is 18.1 Å². The van der Waals surface area contributed by atoms with Crippen molar-refractivity contribution >= 4 is 29.1 Å². The van der Waals surface area contributed by atoms with Gasteiger partial charge in [-0.3, -0.25) is 19.4 Å². The molecule has 7 rings (SSSR count). The van der Waals surface area contributed by atoms with E-state index in [0.717, 1.165) is 65.0 Å². The maximum absolute atomic E-state index is 14.0. The summed E-state index contributed by atoms with van der Waals surface area (Å²) in [6.07, 6.45) is 6.76. The number of fused-ring (bicyclic) bond motifs is 3. The van der Waals surface area contributed by atoms with Gasteiger partial charge in [0.25, 0.3) is 5.91 Å². The highest BCUT2D eigenvalue weighted by Gasteiger charge is 2.58. The summed E-state index contributed by atoms with van der Waals surface area (Å²) in [6, 6.07) is -0.833. The van der Waals surface area contributed by atoms with Gasteiger partial charge in [-0.25, -0.2) is 0 Å². The van der Waals surface area contributed by atoms with Crippen LogP contribution in [0.15, 0.2) is 11.7 Å². The van der Waals surface area contributed by atoms with Crippen LogP contribution >= 0.6 is 11.3 Å². The molecule has 226 valence electrons. The molecular weight excluding hydrogens is 546 g/mol. The number of nitrogens with one attached hydrogen (secondary N) is 2. The van der Waals surface area contributed by atoms with E-state index in [-0.39, 0.29) is 28.6 Å². The molecule has 5 saturated heterocycles. The number of thiazole rings is 1. The Morgan fingerprint density at radius 2 is 2.02 bits per heavy atom. The number of hydrogen-bond acceptors (Lipinski definition) is 9. The fourth-order valence-corrected chi connectivity index (χ4v) is 8.14. The summed E-state index contributed by atoms with van der Waals surface area (Å²) in [5, 5.41) is 5.75. The van der Waals surface area contributed by atoms with E-state index >= 15 is 0 Å². The van der Waals surface area contributed by atoms with E-state index in [1.807, 2.05) is 6.92 Å². The number of likely N-dealkylation sites (N-methyl/N-ethyl adjacent to an activating group) is 1. The minimum atomic E-state index is -0.833. The number of carbonyl (C=O) groups excluding carboxylic acids is 3. The summed E-state index contributed by atoms with van der Waals surface area (Å²) in [5.41, 5.74) is 1.29. The van der Waals surface area contributed by atoms with E-state index in [1.54, 1.807) is 23.7 Å². The minimum absolute atomic E-state index is 0.00692. The number of hydrogen-bond donors (Lipinski definition) is 2. The predicted molar refractivity (Wildman–Crippen MR) is 151 cm³/mol. The average molecular weight is 590 g/mol. The van der Waals surface area contributed by atoms with Gasteiger partial charge in [-0.05, 0) is 44.9 Å². The van der Waals surface area contributed by atoms with E-state index in [4.69, 9.17) is 14.2 Å². The van der Waals surface area contributed by atoms with Crippen molar-refractivity contribution < 1.29 is 28.6 Å². The molecule has 2 N–H and O–H groups in total. The van der Waals surface area contributed by atoms with Crippen molar-refractivity contribution in [3.05, 3.63) is 16.6 Å². The lowest BCUT2D eigenvalue weighted by molar-refractivity contribution is -0.155. The van der Waals surface area contributed by atoms with Crippen LogP contribution in [0.25, 0.3) is 0 Å². The Morgan fingerprint density at radius 1 is 1.22 bits per heavy atom. The van der Waals surface area contributed by atoms with Crippen LogP contribution in [-0.2, 0) is 23.8 Å². The monoisotopic (exact) mass is 589 g/mol. The van der Waals surface area contributed by atoms with Crippen molar-refractivity contribution in [2.75, 3.05) is 66.2 Å². The van der Waals surface area contributed by atoms with Crippen molar-refractivity contribution in [3.8, 4) is 0 Å². The number of amides is 3. The molecule has 5 aliphatic heterocycles. The molecule has 4 atom stereocenters. The molecule has 1 saturated carbocycles. The number of nitrogens with zero attached hydrogens (tertiary/aromatic N) is 3. The molecule has 6 aliphatic rings. The fraction of sp³-hybridized carbons (Fsp3) is 0.793. The molecule has 3 amide bonds. The summed E-state index contributed by atoms with van der Waals surface area (Å²) < 4.78 is 17.8. The lowest BCUT2D eigenvalue weighted by Crippen LogP contribution is -2.64. The number of likely N-dealkylation sites (tertiary alicyclic amines) is 2. The highest BCUT2D eigenvalue weighted by atomic mass is 32.1. The zero-order chi connectivity index (χ0) is 28.6. The largest absolute Gasteiger partial charge is 0.381 e. The van der Waals surface area contributed by atoms with Crippen LogP contribution in [0.5, 0.6) is 0 Å². The first kappa shape index (κ1) is 29.0. The van der Waals surface area contributed by atoms with Crippen LogP contribution in [0.4, 0.5) is 0 Å². The van der Waals surface area contributed by atoms with Crippen molar-refractivity contribution in [2.24, 2.45) is 22.7 Å². The molecule has 12 heteroatoms. The molecule has 1 unspecified atom stereocenters. The lowest BCUT2D eigenvalue weighted by Gasteiger charge is -2.51. The maximum atomic E-state index is 14.0. The van der Waals surface area contributed by atoms with Crippen LogP contribution in [-0.4, -0.2) is 117 Å². The van der Waals surface area contributed by atoms with Crippen LogP contribution < -0.4 is 10.6 Å². The Bertz CT molecular complexity index is 1080. The summed E-state index contributed by atoms with van der Waals surface area (Å²) >= 11 is 1.31. The van der Waals surface area contributed by atoms with Gasteiger partial charge in [-0.15, -0.1) is 11.3 Å². The third-order valence-corrected chi connectivity index (χ3v) is 10.8. The SMILES string of the molecule is CNC(=O)[C@@H](NC(=O)[C@@H]1CN(C(=O)c2cncs2)CC12CN(CC1CCOC1)C2)[C@@H](C)OCC12CCC(CC1)OC2. The second-order valence-corrected chi connectivity index (χ2v) is 13.9. The summed E-state index contributed by atoms with van der Waals surface area (Å²) in [4.78, 5) is 49.1.